The average molecular weight is 290 g/mol. The van der Waals surface area contributed by atoms with E-state index >= 15 is 0 Å². The molecule has 0 atom stereocenters. The highest BCUT2D eigenvalue weighted by molar-refractivity contribution is 6.33. The van der Waals surface area contributed by atoms with E-state index in [2.05, 4.69) is 4.98 Å². The lowest BCUT2D eigenvalue weighted by molar-refractivity contribution is -0.384. The lowest BCUT2D eigenvalue weighted by Crippen LogP contribution is -2.12. The van der Waals surface area contributed by atoms with Crippen molar-refractivity contribution < 1.29 is 4.92 Å². The number of hydrogen-bond donors (Lipinski definition) is 1. The van der Waals surface area contributed by atoms with Crippen LogP contribution in [-0.4, -0.2) is 9.91 Å². The number of rotatable bonds is 2. The van der Waals surface area contributed by atoms with Gasteiger partial charge in [0.25, 0.3) is 11.2 Å². The van der Waals surface area contributed by atoms with Gasteiger partial charge in [0.05, 0.1) is 4.92 Å². The van der Waals surface area contributed by atoms with Crippen molar-refractivity contribution in [3.8, 4) is 17.2 Å². The minimum absolute atomic E-state index is 0.127. The van der Waals surface area contributed by atoms with Crippen LogP contribution in [0, 0.1) is 28.4 Å². The summed E-state index contributed by atoms with van der Waals surface area (Å²) in [5, 5.41) is 20.1. The van der Waals surface area contributed by atoms with Gasteiger partial charge in [0, 0.05) is 34.0 Å². The number of nitrogens with zero attached hydrogens (tertiary/aromatic N) is 2. The fourth-order valence-electron chi connectivity index (χ4n) is 1.85. The van der Waals surface area contributed by atoms with Crippen LogP contribution in [0.3, 0.4) is 0 Å². The molecule has 0 aliphatic carbocycles. The van der Waals surface area contributed by atoms with Crippen molar-refractivity contribution >= 4 is 17.3 Å². The normalized spacial score (nSPS) is 10.1. The van der Waals surface area contributed by atoms with Crippen LogP contribution in [0.2, 0.25) is 5.02 Å². The van der Waals surface area contributed by atoms with Gasteiger partial charge in [-0.05, 0) is 19.1 Å². The van der Waals surface area contributed by atoms with Crippen LogP contribution in [0.4, 0.5) is 5.69 Å². The second kappa shape index (κ2) is 5.15. The van der Waals surface area contributed by atoms with Gasteiger partial charge in [-0.25, -0.2) is 0 Å². The number of nitriles is 1. The van der Waals surface area contributed by atoms with Crippen molar-refractivity contribution in [2.45, 2.75) is 6.92 Å². The van der Waals surface area contributed by atoms with Crippen molar-refractivity contribution in [3.63, 3.8) is 0 Å². The van der Waals surface area contributed by atoms with Crippen LogP contribution in [0.5, 0.6) is 0 Å². The Kier molecular flexibility index (Phi) is 3.55. The van der Waals surface area contributed by atoms with Crippen LogP contribution >= 0.6 is 11.6 Å². The fourth-order valence-corrected chi connectivity index (χ4v) is 2.06. The molecule has 1 N–H and O–H groups in total. The van der Waals surface area contributed by atoms with E-state index in [4.69, 9.17) is 16.9 Å². The number of nitrogens with one attached hydrogen (secondary N) is 1. The second-order valence-electron chi connectivity index (χ2n) is 4.10. The highest BCUT2D eigenvalue weighted by atomic mass is 35.5. The first-order valence-corrected chi connectivity index (χ1v) is 5.90. The van der Waals surface area contributed by atoms with Crippen molar-refractivity contribution in [3.05, 3.63) is 61.0 Å². The van der Waals surface area contributed by atoms with Crippen molar-refractivity contribution in [1.29, 1.82) is 5.26 Å². The number of nitro groups is 1. The minimum Gasteiger partial charge on any atom is -0.325 e. The van der Waals surface area contributed by atoms with Crippen LogP contribution in [0.25, 0.3) is 11.1 Å². The molecule has 0 fully saturated rings. The molecule has 0 aliphatic heterocycles. The molecule has 0 bridgehead atoms. The van der Waals surface area contributed by atoms with Crippen LogP contribution in [0.1, 0.15) is 11.3 Å². The van der Waals surface area contributed by atoms with E-state index in [1.54, 1.807) is 19.1 Å². The van der Waals surface area contributed by atoms with Gasteiger partial charge in [0.15, 0.2) is 0 Å². The van der Waals surface area contributed by atoms with E-state index in [-0.39, 0.29) is 27.4 Å². The molecule has 20 heavy (non-hydrogen) atoms. The number of H-pyrrole nitrogens is 1. The lowest BCUT2D eigenvalue weighted by atomic mass is 10.0. The third kappa shape index (κ3) is 2.39. The maximum atomic E-state index is 11.7. The van der Waals surface area contributed by atoms with E-state index in [1.807, 2.05) is 0 Å². The zero-order valence-corrected chi connectivity index (χ0v) is 11.1. The number of hydrogen-bond acceptors (Lipinski definition) is 4. The van der Waals surface area contributed by atoms with Crippen LogP contribution in [-0.2, 0) is 0 Å². The Morgan fingerprint density at radius 3 is 2.65 bits per heavy atom. The summed E-state index contributed by atoms with van der Waals surface area (Å²) in [6.07, 6.45) is 0. The molecule has 6 nitrogen and oxygen atoms in total. The Morgan fingerprint density at radius 1 is 1.35 bits per heavy atom. The van der Waals surface area contributed by atoms with Crippen LogP contribution < -0.4 is 5.56 Å². The standard InChI is InChI=1S/C13H8ClN3O3/c1-7-4-9(11(6-15)13(18)16-7)10-5-8(17(19)20)2-3-12(10)14/h2-5H,1H3,(H,16,18). The smallest absolute Gasteiger partial charge is 0.270 e. The zero-order valence-electron chi connectivity index (χ0n) is 10.3. The summed E-state index contributed by atoms with van der Waals surface area (Å²) in [4.78, 5) is 24.5. The molecular weight excluding hydrogens is 282 g/mol. The molecule has 7 heteroatoms. The first kappa shape index (κ1) is 13.8. The highest BCUT2D eigenvalue weighted by Crippen LogP contribution is 2.32. The second-order valence-corrected chi connectivity index (χ2v) is 4.51. The highest BCUT2D eigenvalue weighted by Gasteiger charge is 2.16. The van der Waals surface area contributed by atoms with Gasteiger partial charge >= 0.3 is 0 Å². The molecule has 2 rings (SSSR count). The first-order chi connectivity index (χ1) is 9.43. The number of aryl methyl sites for hydroxylation is 1. The van der Waals surface area contributed by atoms with E-state index in [9.17, 15) is 14.9 Å². The van der Waals surface area contributed by atoms with Gasteiger partial charge in [-0.2, -0.15) is 5.26 Å². The van der Waals surface area contributed by atoms with E-state index < -0.39 is 10.5 Å². The summed E-state index contributed by atoms with van der Waals surface area (Å²) in [6, 6.07) is 7.23. The zero-order chi connectivity index (χ0) is 14.9. The van der Waals surface area contributed by atoms with Gasteiger partial charge < -0.3 is 4.98 Å². The predicted molar refractivity (Wildman–Crippen MR) is 73.6 cm³/mol. The minimum atomic E-state index is -0.564. The largest absolute Gasteiger partial charge is 0.325 e. The van der Waals surface area contributed by atoms with E-state index in [1.165, 1.54) is 18.2 Å². The number of non-ortho nitro benzene ring substituents is 1. The summed E-state index contributed by atoms with van der Waals surface area (Å²) >= 11 is 6.02. The molecule has 0 unspecified atom stereocenters. The van der Waals surface area contributed by atoms with Gasteiger partial charge in [-0.1, -0.05) is 11.6 Å². The molecule has 0 spiro atoms. The third-order valence-electron chi connectivity index (χ3n) is 2.73. The monoisotopic (exact) mass is 289 g/mol. The molecule has 2 aromatic rings. The average Bonchev–Trinajstić information content (AvgIpc) is 2.38. The molecule has 100 valence electrons. The Bertz CT molecular complexity index is 805. The number of benzene rings is 1. The van der Waals surface area contributed by atoms with Crippen molar-refractivity contribution in [2.24, 2.45) is 0 Å². The molecule has 1 heterocycles. The summed E-state index contributed by atoms with van der Waals surface area (Å²) in [7, 11) is 0. The Labute approximate surface area is 118 Å². The molecule has 0 aliphatic rings. The Hall–Kier alpha value is -2.65. The summed E-state index contributed by atoms with van der Waals surface area (Å²) in [6.45, 7) is 1.65. The molecule has 0 amide bonds. The topological polar surface area (TPSA) is 99.8 Å². The summed E-state index contributed by atoms with van der Waals surface area (Å²) in [5.41, 5.74) is 0.259. The van der Waals surface area contributed by atoms with E-state index in [0.29, 0.717) is 5.69 Å². The Morgan fingerprint density at radius 2 is 2.05 bits per heavy atom. The fraction of sp³-hybridized carbons (Fsp3) is 0.0769. The van der Waals surface area contributed by atoms with Gasteiger partial charge in [0.2, 0.25) is 0 Å². The van der Waals surface area contributed by atoms with Gasteiger partial charge in [-0.3, -0.25) is 14.9 Å². The maximum absolute atomic E-state index is 11.7. The summed E-state index contributed by atoms with van der Waals surface area (Å²) < 4.78 is 0. The predicted octanol–water partition coefficient (Wildman–Crippen LogP) is 2.78. The molecular formula is C13H8ClN3O3. The molecule has 0 saturated heterocycles. The van der Waals surface area contributed by atoms with Crippen LogP contribution in [0.15, 0.2) is 29.1 Å². The number of aromatic amines is 1. The number of aromatic nitrogens is 1. The molecule has 1 aromatic heterocycles. The lowest BCUT2D eigenvalue weighted by Gasteiger charge is -2.07. The number of halogens is 1. The molecule has 0 radical (unpaired) electrons. The van der Waals surface area contributed by atoms with Gasteiger partial charge in [0.1, 0.15) is 11.6 Å². The molecule has 1 aromatic carbocycles. The third-order valence-corrected chi connectivity index (χ3v) is 3.06. The SMILES string of the molecule is Cc1cc(-c2cc([N+](=O)[O-])ccc2Cl)c(C#N)c(=O)[nH]1. The first-order valence-electron chi connectivity index (χ1n) is 5.52. The molecule has 0 saturated carbocycles. The van der Waals surface area contributed by atoms with Crippen molar-refractivity contribution in [1.82, 2.24) is 4.98 Å². The van der Waals surface area contributed by atoms with Crippen molar-refractivity contribution in [2.75, 3.05) is 0 Å². The summed E-state index contributed by atoms with van der Waals surface area (Å²) in [5.74, 6) is 0. The Balaban J connectivity index is 2.81. The quantitative estimate of drug-likeness (QED) is 0.678. The van der Waals surface area contributed by atoms with Gasteiger partial charge in [-0.15, -0.1) is 0 Å². The maximum Gasteiger partial charge on any atom is 0.270 e. The number of nitro benzene ring substituents is 1. The van der Waals surface area contributed by atoms with E-state index in [0.717, 1.165) is 0 Å². The number of pyridine rings is 1.